The lowest BCUT2D eigenvalue weighted by Crippen LogP contribution is -2.38. The quantitative estimate of drug-likeness (QED) is 0.754. The molecule has 5 nitrogen and oxygen atoms in total. The second kappa shape index (κ2) is 8.79. The van der Waals surface area contributed by atoms with Crippen LogP contribution in [-0.2, 0) is 4.52 Å². The van der Waals surface area contributed by atoms with Gasteiger partial charge >= 0.3 is 0 Å². The van der Waals surface area contributed by atoms with Crippen molar-refractivity contribution in [3.8, 4) is 0 Å². The van der Waals surface area contributed by atoms with E-state index in [2.05, 4.69) is 40.5 Å². The van der Waals surface area contributed by atoms with E-state index in [0.717, 1.165) is 19.6 Å². The summed E-state index contributed by atoms with van der Waals surface area (Å²) >= 11 is 0. The van der Waals surface area contributed by atoms with E-state index < -0.39 is 8.45 Å². The van der Waals surface area contributed by atoms with Crippen LogP contribution in [0, 0.1) is 0 Å². The molecule has 0 aliphatic carbocycles. The molecule has 21 heavy (non-hydrogen) atoms. The zero-order chi connectivity index (χ0) is 15.1. The first-order chi connectivity index (χ1) is 10.3. The van der Waals surface area contributed by atoms with E-state index in [1.165, 1.54) is 5.56 Å². The van der Waals surface area contributed by atoms with Crippen LogP contribution in [0.25, 0.3) is 0 Å². The molecular formula is C15H25N2O3P. The lowest BCUT2D eigenvalue weighted by Gasteiger charge is -2.43. The van der Waals surface area contributed by atoms with E-state index in [4.69, 9.17) is 4.52 Å². The van der Waals surface area contributed by atoms with Crippen LogP contribution in [0.15, 0.2) is 30.3 Å². The minimum absolute atomic E-state index is 0.0791. The zero-order valence-corrected chi connectivity index (χ0v) is 13.5. The molecule has 0 bridgehead atoms. The minimum atomic E-state index is -0.927. The number of nitrogens with zero attached hydrogens (tertiary/aromatic N) is 2. The molecule has 1 fully saturated rings. The fourth-order valence-corrected chi connectivity index (χ4v) is 4.73. The first kappa shape index (κ1) is 16.8. The fourth-order valence-electron chi connectivity index (χ4n) is 2.54. The van der Waals surface area contributed by atoms with Crippen molar-refractivity contribution < 1.29 is 14.7 Å². The van der Waals surface area contributed by atoms with Gasteiger partial charge in [-0.25, -0.2) is 9.34 Å². The Morgan fingerprint density at radius 3 is 2.52 bits per heavy atom. The van der Waals surface area contributed by atoms with Gasteiger partial charge in [0.2, 0.25) is 0 Å². The number of hydrogen-bond acceptors (Lipinski definition) is 5. The van der Waals surface area contributed by atoms with E-state index in [-0.39, 0.29) is 19.3 Å². The molecule has 6 heteroatoms. The third-order valence-electron chi connectivity index (χ3n) is 3.65. The number of aliphatic hydroxyl groups is 2. The van der Waals surface area contributed by atoms with Crippen molar-refractivity contribution in [3.63, 3.8) is 0 Å². The van der Waals surface area contributed by atoms with Crippen molar-refractivity contribution >= 4 is 8.45 Å². The predicted molar refractivity (Wildman–Crippen MR) is 84.8 cm³/mol. The average Bonchev–Trinajstić information content (AvgIpc) is 2.55. The molecule has 0 aromatic heterocycles. The molecule has 0 spiro atoms. The largest absolute Gasteiger partial charge is 0.395 e. The Morgan fingerprint density at radius 1 is 1.24 bits per heavy atom. The van der Waals surface area contributed by atoms with Crippen LogP contribution < -0.4 is 0 Å². The van der Waals surface area contributed by atoms with Crippen LogP contribution in [0.5, 0.6) is 0 Å². The molecule has 118 valence electrons. The van der Waals surface area contributed by atoms with E-state index in [0.29, 0.717) is 13.1 Å². The SMILES string of the molecule is C[C@H](c1ccccc1)N1CCCO[P@@]1N(CCO)CCO. The van der Waals surface area contributed by atoms with Gasteiger partial charge in [-0.2, -0.15) is 0 Å². The summed E-state index contributed by atoms with van der Waals surface area (Å²) in [5.41, 5.74) is 1.27. The van der Waals surface area contributed by atoms with Crippen LogP contribution in [0.2, 0.25) is 0 Å². The van der Waals surface area contributed by atoms with Gasteiger partial charge in [0.15, 0.2) is 8.45 Å². The Balaban J connectivity index is 2.13. The second-order valence-corrected chi connectivity index (χ2v) is 6.93. The Labute approximate surface area is 128 Å². The molecule has 0 unspecified atom stereocenters. The minimum Gasteiger partial charge on any atom is -0.395 e. The van der Waals surface area contributed by atoms with Gasteiger partial charge in [-0.05, 0) is 18.9 Å². The zero-order valence-electron chi connectivity index (χ0n) is 12.6. The Hall–Kier alpha value is -0.550. The normalized spacial score (nSPS) is 21.6. The summed E-state index contributed by atoms with van der Waals surface area (Å²) in [7, 11) is -0.927. The molecule has 0 radical (unpaired) electrons. The highest BCUT2D eigenvalue weighted by Gasteiger charge is 2.33. The molecule has 1 saturated heterocycles. The Kier molecular flexibility index (Phi) is 7.04. The van der Waals surface area contributed by atoms with Gasteiger partial charge < -0.3 is 14.7 Å². The summed E-state index contributed by atoms with van der Waals surface area (Å²) < 4.78 is 10.4. The summed E-state index contributed by atoms with van der Waals surface area (Å²) in [6, 6.07) is 10.7. The van der Waals surface area contributed by atoms with Crippen LogP contribution in [0.3, 0.4) is 0 Å². The predicted octanol–water partition coefficient (Wildman–Crippen LogP) is 1.98. The lowest BCUT2D eigenvalue weighted by molar-refractivity contribution is 0.157. The van der Waals surface area contributed by atoms with Gasteiger partial charge in [-0.3, -0.25) is 0 Å². The van der Waals surface area contributed by atoms with Crippen LogP contribution in [0.4, 0.5) is 0 Å². The highest BCUT2D eigenvalue weighted by Crippen LogP contribution is 2.51. The molecule has 1 aliphatic rings. The van der Waals surface area contributed by atoms with Gasteiger partial charge in [-0.1, -0.05) is 30.3 Å². The number of aliphatic hydroxyl groups excluding tert-OH is 2. The molecule has 0 saturated carbocycles. The average molecular weight is 312 g/mol. The third kappa shape index (κ3) is 4.46. The molecule has 1 aromatic carbocycles. The van der Waals surface area contributed by atoms with Crippen LogP contribution in [-0.4, -0.2) is 59.0 Å². The van der Waals surface area contributed by atoms with Crippen molar-refractivity contribution in [1.82, 2.24) is 9.34 Å². The molecule has 2 atom stereocenters. The third-order valence-corrected chi connectivity index (χ3v) is 5.93. The fraction of sp³-hybridized carbons (Fsp3) is 0.600. The summed E-state index contributed by atoms with van der Waals surface area (Å²) in [5, 5.41) is 18.5. The second-order valence-electron chi connectivity index (χ2n) is 5.09. The highest BCUT2D eigenvalue weighted by atomic mass is 31.2. The van der Waals surface area contributed by atoms with E-state index in [1.54, 1.807) is 0 Å². The molecule has 0 amide bonds. The van der Waals surface area contributed by atoms with Gasteiger partial charge in [-0.15, -0.1) is 0 Å². The van der Waals surface area contributed by atoms with Gasteiger partial charge in [0.05, 0.1) is 19.8 Å². The number of rotatable bonds is 7. The molecule has 2 rings (SSSR count). The Bertz CT molecular complexity index is 401. The molecule has 1 aliphatic heterocycles. The highest BCUT2D eigenvalue weighted by molar-refractivity contribution is 7.47. The molecule has 1 aromatic rings. The van der Waals surface area contributed by atoms with Gasteiger partial charge in [0.1, 0.15) is 0 Å². The molecule has 1 heterocycles. The van der Waals surface area contributed by atoms with E-state index in [1.807, 2.05) is 6.07 Å². The summed E-state index contributed by atoms with van der Waals surface area (Å²) in [6.45, 7) is 5.14. The monoisotopic (exact) mass is 312 g/mol. The number of benzene rings is 1. The maximum Gasteiger partial charge on any atom is 0.188 e. The topological polar surface area (TPSA) is 56.2 Å². The maximum atomic E-state index is 9.25. The first-order valence-corrected chi connectivity index (χ1v) is 8.65. The van der Waals surface area contributed by atoms with Crippen LogP contribution in [0.1, 0.15) is 24.9 Å². The van der Waals surface area contributed by atoms with Crippen molar-refractivity contribution in [1.29, 1.82) is 0 Å². The van der Waals surface area contributed by atoms with Gasteiger partial charge in [0, 0.05) is 25.7 Å². The Morgan fingerprint density at radius 2 is 1.90 bits per heavy atom. The van der Waals surface area contributed by atoms with Crippen LogP contribution >= 0.6 is 8.45 Å². The van der Waals surface area contributed by atoms with Crippen molar-refractivity contribution in [2.45, 2.75) is 19.4 Å². The first-order valence-electron chi connectivity index (χ1n) is 7.49. The maximum absolute atomic E-state index is 9.25. The summed E-state index contributed by atoms with van der Waals surface area (Å²) in [4.78, 5) is 0. The lowest BCUT2D eigenvalue weighted by atomic mass is 10.1. The summed E-state index contributed by atoms with van der Waals surface area (Å²) in [6.07, 6.45) is 1.02. The van der Waals surface area contributed by atoms with E-state index >= 15 is 0 Å². The number of hydrogen-bond donors (Lipinski definition) is 2. The van der Waals surface area contributed by atoms with Crippen molar-refractivity contribution in [3.05, 3.63) is 35.9 Å². The molecule has 2 N–H and O–H groups in total. The molecular weight excluding hydrogens is 287 g/mol. The summed E-state index contributed by atoms with van der Waals surface area (Å²) in [5.74, 6) is 0. The van der Waals surface area contributed by atoms with Gasteiger partial charge in [0.25, 0.3) is 0 Å². The van der Waals surface area contributed by atoms with Crippen molar-refractivity contribution in [2.24, 2.45) is 0 Å². The van der Waals surface area contributed by atoms with E-state index in [9.17, 15) is 10.2 Å². The van der Waals surface area contributed by atoms with Crippen molar-refractivity contribution in [2.75, 3.05) is 39.5 Å². The standard InChI is InChI=1S/C15H25N2O3P/c1-14(15-6-3-2-4-7-15)17-8-5-13-20-21(17)16(9-11-18)10-12-19/h2-4,6-7,14,18-19H,5,8-13H2,1H3/t14-,21+/m1/s1. The smallest absolute Gasteiger partial charge is 0.188 e.